The number of hydrogen-bond donors (Lipinski definition) is 0. The molecule has 0 radical (unpaired) electrons. The van der Waals surface area contributed by atoms with Crippen LogP contribution in [0.4, 0.5) is 0 Å². The number of rotatable bonds is 4. The van der Waals surface area contributed by atoms with Gasteiger partial charge in [-0.15, -0.1) is 0 Å². The van der Waals surface area contributed by atoms with Gasteiger partial charge >= 0.3 is 0 Å². The fourth-order valence-electron chi connectivity index (χ4n) is 1.94. The molecule has 1 heterocycles. The standard InChI is InChI=1S/C14H16BrNO3/c1-16-13(8-7-12(15)14(16)17)10-3-5-11(6-4-10)19-9-18-2/h3-6,8,12H,7,9H2,1-2H3. The summed E-state index contributed by atoms with van der Waals surface area (Å²) >= 11 is 3.36. The lowest BCUT2D eigenvalue weighted by atomic mass is 10.0. The van der Waals surface area contributed by atoms with E-state index in [0.717, 1.165) is 17.0 Å². The topological polar surface area (TPSA) is 38.8 Å². The molecule has 5 heteroatoms. The van der Waals surface area contributed by atoms with Crippen molar-refractivity contribution < 1.29 is 14.3 Å². The van der Waals surface area contributed by atoms with Gasteiger partial charge in [0.15, 0.2) is 6.79 Å². The summed E-state index contributed by atoms with van der Waals surface area (Å²) in [5.74, 6) is 0.826. The van der Waals surface area contributed by atoms with Crippen molar-refractivity contribution in [3.8, 4) is 5.75 Å². The van der Waals surface area contributed by atoms with Crippen molar-refractivity contribution in [3.05, 3.63) is 35.9 Å². The zero-order valence-corrected chi connectivity index (χ0v) is 12.5. The lowest BCUT2D eigenvalue weighted by Gasteiger charge is -2.27. The first-order valence-corrected chi connectivity index (χ1v) is 6.89. The van der Waals surface area contributed by atoms with Crippen molar-refractivity contribution in [2.45, 2.75) is 11.2 Å². The molecule has 0 aromatic heterocycles. The summed E-state index contributed by atoms with van der Waals surface area (Å²) in [5, 5.41) is 0. The van der Waals surface area contributed by atoms with E-state index >= 15 is 0 Å². The van der Waals surface area contributed by atoms with Gasteiger partial charge in [-0.3, -0.25) is 4.79 Å². The van der Waals surface area contributed by atoms with Gasteiger partial charge < -0.3 is 14.4 Å². The number of carbonyl (C=O) groups excluding carboxylic acids is 1. The highest BCUT2D eigenvalue weighted by atomic mass is 79.9. The molecule has 1 amide bonds. The predicted octanol–water partition coefficient (Wildman–Crippen LogP) is 2.64. The molecule has 19 heavy (non-hydrogen) atoms. The summed E-state index contributed by atoms with van der Waals surface area (Å²) in [5.41, 5.74) is 1.93. The van der Waals surface area contributed by atoms with Crippen LogP contribution in [-0.4, -0.2) is 36.6 Å². The zero-order chi connectivity index (χ0) is 13.8. The van der Waals surface area contributed by atoms with Crippen LogP contribution in [0.15, 0.2) is 30.3 Å². The van der Waals surface area contributed by atoms with Gasteiger partial charge in [0.05, 0.1) is 4.83 Å². The van der Waals surface area contributed by atoms with Crippen molar-refractivity contribution in [3.63, 3.8) is 0 Å². The Bertz CT molecular complexity index is 484. The summed E-state index contributed by atoms with van der Waals surface area (Å²) in [6.45, 7) is 0.228. The number of hydrogen-bond acceptors (Lipinski definition) is 3. The first-order chi connectivity index (χ1) is 9.13. The molecule has 1 aromatic carbocycles. The minimum absolute atomic E-state index is 0.0807. The van der Waals surface area contributed by atoms with Gasteiger partial charge in [-0.2, -0.15) is 0 Å². The zero-order valence-electron chi connectivity index (χ0n) is 10.9. The minimum atomic E-state index is -0.120. The Morgan fingerprint density at radius 3 is 2.68 bits per heavy atom. The third-order valence-electron chi connectivity index (χ3n) is 2.97. The van der Waals surface area contributed by atoms with Crippen LogP contribution in [0.1, 0.15) is 12.0 Å². The maximum atomic E-state index is 11.9. The van der Waals surface area contributed by atoms with E-state index in [1.165, 1.54) is 0 Å². The molecule has 0 aliphatic carbocycles. The molecule has 1 aliphatic rings. The molecule has 0 fully saturated rings. The second-order valence-corrected chi connectivity index (χ2v) is 5.37. The van der Waals surface area contributed by atoms with Gasteiger partial charge in [-0.1, -0.05) is 22.0 Å². The fourth-order valence-corrected chi connectivity index (χ4v) is 2.44. The van der Waals surface area contributed by atoms with Crippen LogP contribution in [0.5, 0.6) is 5.75 Å². The molecule has 1 atom stereocenters. The van der Waals surface area contributed by atoms with Crippen molar-refractivity contribution >= 4 is 27.5 Å². The van der Waals surface area contributed by atoms with E-state index in [0.29, 0.717) is 6.42 Å². The lowest BCUT2D eigenvalue weighted by molar-refractivity contribution is -0.126. The Kier molecular flexibility index (Phi) is 4.61. The monoisotopic (exact) mass is 325 g/mol. The number of carbonyl (C=O) groups is 1. The van der Waals surface area contributed by atoms with Crippen LogP contribution in [0.2, 0.25) is 0 Å². The van der Waals surface area contributed by atoms with Crippen molar-refractivity contribution in [2.24, 2.45) is 0 Å². The third-order valence-corrected chi connectivity index (χ3v) is 3.74. The molecule has 0 N–H and O–H groups in total. The first-order valence-electron chi connectivity index (χ1n) is 5.97. The number of halogens is 1. The summed E-state index contributed by atoms with van der Waals surface area (Å²) < 4.78 is 10.2. The Balaban J connectivity index is 2.16. The minimum Gasteiger partial charge on any atom is -0.468 e. The van der Waals surface area contributed by atoms with Gasteiger partial charge in [-0.25, -0.2) is 0 Å². The van der Waals surface area contributed by atoms with Crippen LogP contribution < -0.4 is 4.74 Å². The highest BCUT2D eigenvalue weighted by Crippen LogP contribution is 2.28. The van der Waals surface area contributed by atoms with Crippen LogP contribution in [0.25, 0.3) is 5.70 Å². The molecule has 1 aromatic rings. The molecule has 1 aliphatic heterocycles. The summed E-state index contributed by atoms with van der Waals surface area (Å²) in [4.78, 5) is 13.5. The van der Waals surface area contributed by atoms with Gasteiger partial charge in [0.25, 0.3) is 0 Å². The number of allylic oxidation sites excluding steroid dienone is 1. The molecular weight excluding hydrogens is 310 g/mol. The molecule has 1 unspecified atom stereocenters. The Hall–Kier alpha value is -1.33. The van der Waals surface area contributed by atoms with Crippen molar-refractivity contribution in [1.29, 1.82) is 0 Å². The maximum absolute atomic E-state index is 11.9. The highest BCUT2D eigenvalue weighted by molar-refractivity contribution is 9.10. The quantitative estimate of drug-likeness (QED) is 0.631. The van der Waals surface area contributed by atoms with Gasteiger partial charge in [0.2, 0.25) is 5.91 Å². The normalized spacial score (nSPS) is 19.3. The molecule has 0 saturated carbocycles. The molecule has 0 saturated heterocycles. The second-order valence-electron chi connectivity index (χ2n) is 4.27. The molecular formula is C14H16BrNO3. The van der Waals surface area contributed by atoms with Crippen molar-refractivity contribution in [1.82, 2.24) is 4.90 Å². The van der Waals surface area contributed by atoms with Gasteiger partial charge in [0.1, 0.15) is 5.75 Å². The smallest absolute Gasteiger partial charge is 0.240 e. The predicted molar refractivity (Wildman–Crippen MR) is 77.0 cm³/mol. The number of nitrogens with zero attached hydrogens (tertiary/aromatic N) is 1. The molecule has 4 nitrogen and oxygen atoms in total. The number of ether oxygens (including phenoxy) is 2. The summed E-state index contributed by atoms with van der Waals surface area (Å²) in [7, 11) is 3.37. The van der Waals surface area contributed by atoms with Crippen LogP contribution in [-0.2, 0) is 9.53 Å². The Morgan fingerprint density at radius 1 is 1.37 bits per heavy atom. The summed E-state index contributed by atoms with van der Waals surface area (Å²) in [6, 6.07) is 7.62. The van der Waals surface area contributed by atoms with E-state index in [1.807, 2.05) is 24.3 Å². The van der Waals surface area contributed by atoms with E-state index in [9.17, 15) is 4.79 Å². The van der Waals surface area contributed by atoms with E-state index < -0.39 is 0 Å². The number of amides is 1. The fraction of sp³-hybridized carbons (Fsp3) is 0.357. The van der Waals surface area contributed by atoms with Gasteiger partial charge in [-0.05, 0) is 36.2 Å². The first kappa shape index (κ1) is 14.1. The van der Waals surface area contributed by atoms with Crippen LogP contribution in [0.3, 0.4) is 0 Å². The average molecular weight is 326 g/mol. The highest BCUT2D eigenvalue weighted by Gasteiger charge is 2.26. The van der Waals surface area contributed by atoms with Crippen LogP contribution in [0, 0.1) is 0 Å². The largest absolute Gasteiger partial charge is 0.468 e. The Morgan fingerprint density at radius 2 is 2.05 bits per heavy atom. The SMILES string of the molecule is COCOc1ccc(C2=CCC(Br)C(=O)N2C)cc1. The number of benzene rings is 1. The van der Waals surface area contributed by atoms with Crippen LogP contribution >= 0.6 is 15.9 Å². The van der Waals surface area contributed by atoms with Gasteiger partial charge in [0, 0.05) is 19.9 Å². The van der Waals surface area contributed by atoms with Crippen molar-refractivity contribution in [2.75, 3.05) is 21.0 Å². The Labute approximate surface area is 121 Å². The summed E-state index contributed by atoms with van der Waals surface area (Å²) in [6.07, 6.45) is 2.77. The average Bonchev–Trinajstić information content (AvgIpc) is 2.44. The number of methoxy groups -OCH3 is 1. The number of alkyl halides is 1. The molecule has 2 rings (SSSR count). The van der Waals surface area contributed by atoms with E-state index in [-0.39, 0.29) is 17.5 Å². The molecule has 102 valence electrons. The molecule has 0 spiro atoms. The molecule has 0 bridgehead atoms. The lowest BCUT2D eigenvalue weighted by Crippen LogP contribution is -2.35. The second kappa shape index (κ2) is 6.21. The van der Waals surface area contributed by atoms with E-state index in [4.69, 9.17) is 9.47 Å². The van der Waals surface area contributed by atoms with E-state index in [2.05, 4.69) is 22.0 Å². The maximum Gasteiger partial charge on any atom is 0.240 e. The van der Waals surface area contributed by atoms with E-state index in [1.54, 1.807) is 19.1 Å². The third kappa shape index (κ3) is 3.16.